The Balaban J connectivity index is 4.09. The van der Waals surface area contributed by atoms with Crippen LogP contribution in [0.2, 0.25) is 0 Å². The largest absolute Gasteiger partial charge is 0.446 e. The van der Waals surface area contributed by atoms with Crippen molar-refractivity contribution in [1.29, 1.82) is 0 Å². The van der Waals surface area contributed by atoms with Gasteiger partial charge in [-0.15, -0.1) is 0 Å². The molecule has 0 unspecified atom stereocenters. The van der Waals surface area contributed by atoms with E-state index in [1.165, 1.54) is 21.2 Å². The number of methoxy groups -OCH3 is 1. The quantitative estimate of drug-likeness (QED) is 0.704. The van der Waals surface area contributed by atoms with Crippen molar-refractivity contribution in [2.24, 2.45) is 0 Å². The van der Waals surface area contributed by atoms with Crippen molar-refractivity contribution in [3.05, 3.63) is 0 Å². The third kappa shape index (κ3) is 5.40. The number of carbonyl (C=O) groups is 2. The van der Waals surface area contributed by atoms with E-state index in [-0.39, 0.29) is 13.2 Å². The highest BCUT2D eigenvalue weighted by atomic mass is 16.6. The number of amides is 2. The van der Waals surface area contributed by atoms with Crippen molar-refractivity contribution in [3.8, 4) is 0 Å². The molecule has 0 fully saturated rings. The molecule has 0 aliphatic carbocycles. The maximum atomic E-state index is 10.9. The van der Waals surface area contributed by atoms with Gasteiger partial charge in [0.15, 0.2) is 0 Å². The molecule has 7 nitrogen and oxygen atoms in total. The summed E-state index contributed by atoms with van der Waals surface area (Å²) in [7, 11) is 4.35. The minimum atomic E-state index is -0.862. The highest BCUT2D eigenvalue weighted by Crippen LogP contribution is 2.10. The normalized spacial score (nSPS) is 10.5. The predicted octanol–water partition coefficient (Wildman–Crippen LogP) is 0.103. The van der Waals surface area contributed by atoms with E-state index in [0.717, 1.165) is 0 Å². The third-order valence-electron chi connectivity index (χ3n) is 1.92. The van der Waals surface area contributed by atoms with E-state index in [1.807, 2.05) is 0 Å². The van der Waals surface area contributed by atoms with Crippen molar-refractivity contribution in [3.63, 3.8) is 0 Å². The number of rotatable bonds is 5. The number of alkyl carbamates (subject to hydrolysis) is 2. The summed E-state index contributed by atoms with van der Waals surface area (Å²) in [5, 5.41) is 4.60. The molecule has 0 atom stereocenters. The molecule has 0 aliphatic rings. The van der Waals surface area contributed by atoms with Gasteiger partial charge in [-0.25, -0.2) is 9.59 Å². The average Bonchev–Trinajstić information content (AvgIpc) is 2.32. The standard InChI is InChI=1S/C9H18N2O5/c1-9(14-4,5-15-7(12)10-2)6-16-8(13)11-3/h5-6H2,1-4H3,(H,10,12)(H,11,13). The Hall–Kier alpha value is -1.50. The first kappa shape index (κ1) is 14.5. The van der Waals surface area contributed by atoms with Crippen molar-refractivity contribution in [2.45, 2.75) is 12.5 Å². The molecular weight excluding hydrogens is 216 g/mol. The van der Waals surface area contributed by atoms with Crippen LogP contribution in [0.15, 0.2) is 0 Å². The zero-order valence-electron chi connectivity index (χ0n) is 9.96. The lowest BCUT2D eigenvalue weighted by atomic mass is 10.1. The number of ether oxygens (including phenoxy) is 3. The van der Waals surface area contributed by atoms with Crippen LogP contribution in [0.3, 0.4) is 0 Å². The molecule has 0 aromatic heterocycles. The lowest BCUT2D eigenvalue weighted by Gasteiger charge is -2.26. The molecule has 94 valence electrons. The highest BCUT2D eigenvalue weighted by molar-refractivity contribution is 5.67. The average molecular weight is 234 g/mol. The first-order valence-corrected chi connectivity index (χ1v) is 4.71. The van der Waals surface area contributed by atoms with Gasteiger partial charge in [-0.1, -0.05) is 0 Å². The zero-order valence-corrected chi connectivity index (χ0v) is 9.96. The molecule has 16 heavy (non-hydrogen) atoms. The van der Waals surface area contributed by atoms with Gasteiger partial charge in [0.25, 0.3) is 0 Å². The van der Waals surface area contributed by atoms with E-state index in [1.54, 1.807) is 6.92 Å². The van der Waals surface area contributed by atoms with Gasteiger partial charge < -0.3 is 24.8 Å². The van der Waals surface area contributed by atoms with Crippen molar-refractivity contribution >= 4 is 12.2 Å². The Morgan fingerprint density at radius 1 is 1.06 bits per heavy atom. The van der Waals surface area contributed by atoms with E-state index in [2.05, 4.69) is 10.6 Å². The fraction of sp³-hybridized carbons (Fsp3) is 0.778. The van der Waals surface area contributed by atoms with Crippen LogP contribution in [-0.4, -0.2) is 52.2 Å². The van der Waals surface area contributed by atoms with E-state index in [4.69, 9.17) is 14.2 Å². The SMILES string of the molecule is CNC(=O)OCC(C)(COC(=O)NC)OC. The first-order valence-electron chi connectivity index (χ1n) is 4.71. The summed E-state index contributed by atoms with van der Waals surface area (Å²) in [5.41, 5.74) is -0.862. The summed E-state index contributed by atoms with van der Waals surface area (Å²) >= 11 is 0. The monoisotopic (exact) mass is 234 g/mol. The molecule has 0 saturated carbocycles. The summed E-state index contributed by atoms with van der Waals surface area (Å²) in [4.78, 5) is 21.7. The number of carbonyl (C=O) groups excluding carboxylic acids is 2. The summed E-state index contributed by atoms with van der Waals surface area (Å²) in [6, 6.07) is 0. The van der Waals surface area contributed by atoms with Gasteiger partial charge in [0.05, 0.1) is 0 Å². The van der Waals surface area contributed by atoms with Crippen LogP contribution in [0, 0.1) is 0 Å². The van der Waals surface area contributed by atoms with Gasteiger partial charge in [0.2, 0.25) is 0 Å². The molecule has 0 radical (unpaired) electrons. The molecule has 0 heterocycles. The molecule has 0 aromatic carbocycles. The van der Waals surface area contributed by atoms with Crippen molar-refractivity contribution < 1.29 is 23.8 Å². The Labute approximate surface area is 94.4 Å². The summed E-state index contributed by atoms with van der Waals surface area (Å²) in [6.45, 7) is 1.64. The second-order valence-electron chi connectivity index (χ2n) is 3.31. The van der Waals surface area contributed by atoms with Gasteiger partial charge in [-0.05, 0) is 6.92 Å². The maximum Gasteiger partial charge on any atom is 0.406 e. The fourth-order valence-corrected chi connectivity index (χ4v) is 0.740. The molecule has 0 rings (SSSR count). The van der Waals surface area contributed by atoms with Gasteiger partial charge in [0, 0.05) is 21.2 Å². The molecule has 0 spiro atoms. The zero-order chi connectivity index (χ0) is 12.6. The van der Waals surface area contributed by atoms with E-state index in [0.29, 0.717) is 0 Å². The molecule has 0 saturated heterocycles. The summed E-state index contributed by atoms with van der Waals surface area (Å²) < 4.78 is 14.8. The topological polar surface area (TPSA) is 85.9 Å². The lowest BCUT2D eigenvalue weighted by Crippen LogP contribution is -2.42. The fourth-order valence-electron chi connectivity index (χ4n) is 0.740. The molecule has 0 bridgehead atoms. The van der Waals surface area contributed by atoms with Crippen LogP contribution in [0.1, 0.15) is 6.92 Å². The van der Waals surface area contributed by atoms with Crippen LogP contribution < -0.4 is 10.6 Å². The minimum Gasteiger partial charge on any atom is -0.446 e. The van der Waals surface area contributed by atoms with Gasteiger partial charge in [-0.3, -0.25) is 0 Å². The van der Waals surface area contributed by atoms with Crippen LogP contribution in [0.5, 0.6) is 0 Å². The Kier molecular flexibility index (Phi) is 6.24. The van der Waals surface area contributed by atoms with Crippen molar-refractivity contribution in [1.82, 2.24) is 10.6 Å². The van der Waals surface area contributed by atoms with Crippen LogP contribution in [0.4, 0.5) is 9.59 Å². The van der Waals surface area contributed by atoms with Crippen LogP contribution in [-0.2, 0) is 14.2 Å². The third-order valence-corrected chi connectivity index (χ3v) is 1.92. The minimum absolute atomic E-state index is 0.0137. The summed E-state index contributed by atoms with van der Waals surface area (Å²) in [5.74, 6) is 0. The van der Waals surface area contributed by atoms with Gasteiger partial charge in [0.1, 0.15) is 18.8 Å². The Morgan fingerprint density at radius 3 is 1.69 bits per heavy atom. The van der Waals surface area contributed by atoms with E-state index in [9.17, 15) is 9.59 Å². The van der Waals surface area contributed by atoms with Crippen LogP contribution in [0.25, 0.3) is 0 Å². The number of hydrogen-bond acceptors (Lipinski definition) is 5. The first-order chi connectivity index (χ1) is 7.47. The molecule has 2 N–H and O–H groups in total. The number of nitrogens with one attached hydrogen (secondary N) is 2. The Morgan fingerprint density at radius 2 is 1.44 bits per heavy atom. The lowest BCUT2D eigenvalue weighted by molar-refractivity contribution is -0.0764. The molecule has 7 heteroatoms. The predicted molar refractivity (Wildman–Crippen MR) is 56.2 cm³/mol. The maximum absolute atomic E-state index is 10.9. The molecule has 0 aromatic rings. The second kappa shape index (κ2) is 6.89. The van der Waals surface area contributed by atoms with Gasteiger partial charge in [-0.2, -0.15) is 0 Å². The molecule has 2 amide bonds. The second-order valence-corrected chi connectivity index (χ2v) is 3.31. The number of hydrogen-bond donors (Lipinski definition) is 2. The molecular formula is C9H18N2O5. The van der Waals surface area contributed by atoms with E-state index >= 15 is 0 Å². The highest BCUT2D eigenvalue weighted by Gasteiger charge is 2.27. The summed E-state index contributed by atoms with van der Waals surface area (Å²) in [6.07, 6.45) is -1.13. The van der Waals surface area contributed by atoms with Gasteiger partial charge >= 0.3 is 12.2 Å². The van der Waals surface area contributed by atoms with Crippen molar-refractivity contribution in [2.75, 3.05) is 34.4 Å². The molecule has 0 aliphatic heterocycles. The Bertz CT molecular complexity index is 224. The van der Waals surface area contributed by atoms with E-state index < -0.39 is 17.8 Å². The van der Waals surface area contributed by atoms with Crippen LogP contribution >= 0.6 is 0 Å². The smallest absolute Gasteiger partial charge is 0.406 e.